The molecule has 10 nitrogen and oxygen atoms in total. The highest BCUT2D eigenvalue weighted by molar-refractivity contribution is 5.85. The highest BCUT2D eigenvalue weighted by Crippen LogP contribution is 2.29. The van der Waals surface area contributed by atoms with Crippen LogP contribution in [0.5, 0.6) is 0 Å². The minimum Gasteiger partial charge on any atom is -0.480 e. The van der Waals surface area contributed by atoms with Gasteiger partial charge in [-0.3, -0.25) is 14.4 Å². The molecule has 1 saturated heterocycles. The van der Waals surface area contributed by atoms with Gasteiger partial charge in [-0.2, -0.15) is 0 Å². The summed E-state index contributed by atoms with van der Waals surface area (Å²) in [6.45, 7) is 10.4. The van der Waals surface area contributed by atoms with Crippen molar-refractivity contribution in [1.82, 2.24) is 15.1 Å². The van der Waals surface area contributed by atoms with E-state index in [-0.39, 0.29) is 48.6 Å². The average molecular weight is 604 g/mol. The summed E-state index contributed by atoms with van der Waals surface area (Å²) in [6, 6.07) is 7.43. The van der Waals surface area contributed by atoms with Crippen LogP contribution in [0.15, 0.2) is 30.3 Å². The monoisotopic (exact) mass is 603 g/mol. The third-order valence-electron chi connectivity index (χ3n) is 8.78. The van der Waals surface area contributed by atoms with E-state index in [0.29, 0.717) is 19.4 Å². The quantitative estimate of drug-likeness (QED) is 0.278. The summed E-state index contributed by atoms with van der Waals surface area (Å²) < 4.78 is 11.7. The van der Waals surface area contributed by atoms with Crippen molar-refractivity contribution in [3.8, 4) is 0 Å². The second-order valence-corrected chi connectivity index (χ2v) is 12.3. The number of carboxylic acid groups (broad SMARTS) is 1. The van der Waals surface area contributed by atoms with E-state index in [1.165, 1.54) is 7.11 Å². The summed E-state index contributed by atoms with van der Waals surface area (Å²) in [7, 11) is 4.88. The first-order valence-electron chi connectivity index (χ1n) is 15.5. The van der Waals surface area contributed by atoms with Gasteiger partial charge in [0, 0.05) is 40.7 Å². The normalized spacial score (nSPS) is 19.3. The maximum atomic E-state index is 13.8. The number of likely N-dealkylation sites (N-methyl/N-ethyl adjacent to an activating group) is 1. The fourth-order valence-electron chi connectivity index (χ4n) is 6.17. The lowest BCUT2D eigenvalue weighted by Gasteiger charge is -2.39. The molecule has 1 aliphatic heterocycles. The number of hydrogen-bond acceptors (Lipinski definition) is 6. The van der Waals surface area contributed by atoms with Gasteiger partial charge in [0.1, 0.15) is 6.04 Å². The predicted molar refractivity (Wildman–Crippen MR) is 165 cm³/mol. The molecule has 1 aromatic carbocycles. The number of benzene rings is 1. The van der Waals surface area contributed by atoms with E-state index in [0.717, 1.165) is 18.4 Å². The van der Waals surface area contributed by atoms with Gasteiger partial charge in [-0.1, -0.05) is 71.4 Å². The number of amides is 3. The van der Waals surface area contributed by atoms with Crippen molar-refractivity contribution in [3.05, 3.63) is 35.9 Å². The summed E-state index contributed by atoms with van der Waals surface area (Å²) in [5, 5.41) is 12.5. The zero-order valence-corrected chi connectivity index (χ0v) is 27.2. The predicted octanol–water partition coefficient (Wildman–Crippen LogP) is 3.76. The van der Waals surface area contributed by atoms with E-state index < -0.39 is 36.0 Å². The van der Waals surface area contributed by atoms with Crippen LogP contribution >= 0.6 is 0 Å². The van der Waals surface area contributed by atoms with Gasteiger partial charge in [-0.05, 0) is 30.2 Å². The van der Waals surface area contributed by atoms with Crippen LogP contribution in [0.4, 0.5) is 0 Å². The van der Waals surface area contributed by atoms with E-state index in [1.54, 1.807) is 30.9 Å². The molecule has 0 aromatic heterocycles. The first kappa shape index (κ1) is 36.2. The number of nitrogens with zero attached hydrogens (tertiary/aromatic N) is 2. The molecule has 0 bridgehead atoms. The molecule has 2 rings (SSSR count). The lowest BCUT2D eigenvalue weighted by atomic mass is 9.90. The molecule has 7 atom stereocenters. The Balaban J connectivity index is 2.18. The van der Waals surface area contributed by atoms with Crippen molar-refractivity contribution in [2.45, 2.75) is 103 Å². The number of methoxy groups -OCH3 is 2. The van der Waals surface area contributed by atoms with Gasteiger partial charge in [0.15, 0.2) is 0 Å². The fraction of sp³-hybridized carbons (Fsp3) is 0.697. The minimum atomic E-state index is -1.12. The Labute approximate surface area is 257 Å². The summed E-state index contributed by atoms with van der Waals surface area (Å²) >= 11 is 0. The average Bonchev–Trinajstić information content (AvgIpc) is 3.46. The minimum absolute atomic E-state index is 0.0278. The molecule has 1 heterocycles. The van der Waals surface area contributed by atoms with Crippen molar-refractivity contribution in [3.63, 3.8) is 0 Å². The third-order valence-corrected chi connectivity index (χ3v) is 8.78. The van der Waals surface area contributed by atoms with Gasteiger partial charge in [0.2, 0.25) is 17.7 Å². The smallest absolute Gasteiger partial charge is 0.326 e. The van der Waals surface area contributed by atoms with Crippen LogP contribution in [-0.2, 0) is 35.1 Å². The third kappa shape index (κ3) is 10.0. The molecule has 0 aliphatic carbocycles. The highest BCUT2D eigenvalue weighted by atomic mass is 16.5. The second-order valence-electron chi connectivity index (χ2n) is 12.3. The largest absolute Gasteiger partial charge is 0.480 e. The molecule has 0 radical (unpaired) electrons. The second kappa shape index (κ2) is 17.3. The van der Waals surface area contributed by atoms with Crippen LogP contribution in [-0.4, -0.2) is 96.7 Å². The van der Waals surface area contributed by atoms with E-state index in [4.69, 9.17) is 9.47 Å². The molecule has 0 saturated carbocycles. The molecule has 1 aromatic rings. The van der Waals surface area contributed by atoms with E-state index in [2.05, 4.69) is 19.2 Å². The lowest BCUT2D eigenvalue weighted by molar-refractivity contribution is -0.147. The first-order valence-corrected chi connectivity index (χ1v) is 15.5. The van der Waals surface area contributed by atoms with Crippen LogP contribution in [0.2, 0.25) is 0 Å². The molecule has 43 heavy (non-hydrogen) atoms. The molecule has 10 heteroatoms. The number of carbonyl (C=O) groups is 4. The van der Waals surface area contributed by atoms with Gasteiger partial charge in [0.05, 0.1) is 36.6 Å². The number of carboxylic acids is 1. The summed E-state index contributed by atoms with van der Waals surface area (Å²) in [5.74, 6) is -2.02. The number of hydrogen-bond donors (Lipinski definition) is 2. The number of aliphatic carboxylic acids is 1. The Morgan fingerprint density at radius 3 is 2.23 bits per heavy atom. The maximum absolute atomic E-state index is 13.8. The fourth-order valence-corrected chi connectivity index (χ4v) is 6.17. The Morgan fingerprint density at radius 1 is 1.05 bits per heavy atom. The summed E-state index contributed by atoms with van der Waals surface area (Å²) in [4.78, 5) is 55.6. The number of rotatable bonds is 17. The topological polar surface area (TPSA) is 125 Å². The summed E-state index contributed by atoms with van der Waals surface area (Å²) in [5.41, 5.74) is 0.804. The Bertz CT molecular complexity index is 1050. The zero-order valence-electron chi connectivity index (χ0n) is 27.2. The van der Waals surface area contributed by atoms with Crippen molar-refractivity contribution in [2.24, 2.45) is 17.8 Å². The van der Waals surface area contributed by atoms with Crippen LogP contribution in [0.25, 0.3) is 0 Å². The van der Waals surface area contributed by atoms with Gasteiger partial charge in [-0.25, -0.2) is 4.79 Å². The van der Waals surface area contributed by atoms with Crippen LogP contribution in [0.1, 0.15) is 72.3 Å². The molecule has 1 aliphatic rings. The molecule has 3 amide bonds. The summed E-state index contributed by atoms with van der Waals surface area (Å²) in [6.07, 6.45) is 1.79. The molecule has 2 N–H and O–H groups in total. The molecule has 1 fully saturated rings. The molecular formula is C33H53N3O7. The number of carbonyl (C=O) groups excluding carboxylic acids is 3. The molecule has 242 valence electrons. The van der Waals surface area contributed by atoms with Crippen molar-refractivity contribution in [2.75, 3.05) is 27.8 Å². The van der Waals surface area contributed by atoms with Crippen LogP contribution < -0.4 is 5.32 Å². The Kier molecular flexibility index (Phi) is 14.6. The zero-order chi connectivity index (χ0) is 32.3. The lowest BCUT2D eigenvalue weighted by Crippen LogP contribution is -2.54. The Morgan fingerprint density at radius 2 is 1.70 bits per heavy atom. The standard InChI is InChI=1S/C33H53N3O7/c1-9-22(4)30(35(6)28(37)18-21(2)3)27(42-7)20-29(38)36-17-13-16-26(36)31(43-8)23(5)32(39)34-25(33(40)41)19-24-14-11-10-12-15-24/h10-12,14-15,21-23,25-27,30-31H,9,13,16-20H2,1-8H3,(H,34,39)(H,40,41)/t22-,23+,25+,26-,27+,30?,31+/m0/s1. The maximum Gasteiger partial charge on any atom is 0.326 e. The van der Waals surface area contributed by atoms with Crippen molar-refractivity contribution < 1.29 is 33.8 Å². The molecule has 1 unspecified atom stereocenters. The van der Waals surface area contributed by atoms with Gasteiger partial charge < -0.3 is 29.7 Å². The Hall–Kier alpha value is -2.98. The van der Waals surface area contributed by atoms with Crippen molar-refractivity contribution in [1.29, 1.82) is 0 Å². The number of likely N-dealkylation sites (tertiary alicyclic amines) is 1. The number of ether oxygens (including phenoxy) is 2. The van der Waals surface area contributed by atoms with Crippen LogP contribution in [0.3, 0.4) is 0 Å². The molecule has 0 spiro atoms. The highest BCUT2D eigenvalue weighted by Gasteiger charge is 2.42. The van der Waals surface area contributed by atoms with Crippen molar-refractivity contribution >= 4 is 23.7 Å². The van der Waals surface area contributed by atoms with Gasteiger partial charge >= 0.3 is 5.97 Å². The van der Waals surface area contributed by atoms with E-state index in [1.807, 2.05) is 44.2 Å². The van der Waals surface area contributed by atoms with Crippen LogP contribution in [0, 0.1) is 17.8 Å². The van der Waals surface area contributed by atoms with E-state index >= 15 is 0 Å². The number of nitrogens with one attached hydrogen (secondary N) is 1. The first-order chi connectivity index (χ1) is 20.4. The van der Waals surface area contributed by atoms with Gasteiger partial charge in [-0.15, -0.1) is 0 Å². The SMILES string of the molecule is CC[C@H](C)C([C@@H](CC(=O)N1CCC[C@H]1[C@H](OC)[C@@H](C)C(=O)N[C@H](Cc1ccccc1)C(=O)O)OC)N(C)C(=O)CC(C)C. The molecular weight excluding hydrogens is 550 g/mol. The van der Waals surface area contributed by atoms with E-state index in [9.17, 15) is 24.3 Å². The van der Waals surface area contributed by atoms with Gasteiger partial charge in [0.25, 0.3) is 0 Å².